The first kappa shape index (κ1) is 27.0. The molecular weight excluding hydrogens is 451 g/mol. The van der Waals surface area contributed by atoms with E-state index in [4.69, 9.17) is 11.6 Å². The standard InChI is InChI=1S/C25H37ClN2O.2ClH/c26-23-11-6-10-21(18-23)25(29)12-5-4-9-22(25)19-24(28-15-13-27-14-16-28)17-20-7-2-1-3-8-20;;/h1-2,6,10-11,18,20,22,24,27,29H,3-5,7-9,12-17,19H2;2*1H. The number of nitrogens with zero attached hydrogens (tertiary/aromatic N) is 1. The smallest absolute Gasteiger partial charge is 0.0925 e. The Morgan fingerprint density at radius 1 is 1.10 bits per heavy atom. The summed E-state index contributed by atoms with van der Waals surface area (Å²) < 4.78 is 0. The van der Waals surface area contributed by atoms with Crippen molar-refractivity contribution in [2.75, 3.05) is 26.2 Å². The van der Waals surface area contributed by atoms with E-state index in [1.54, 1.807) is 0 Å². The first-order valence-electron chi connectivity index (χ1n) is 11.7. The van der Waals surface area contributed by atoms with Gasteiger partial charge >= 0.3 is 0 Å². The Morgan fingerprint density at radius 2 is 1.90 bits per heavy atom. The van der Waals surface area contributed by atoms with Crippen LogP contribution in [-0.2, 0) is 5.60 Å². The zero-order chi connectivity index (χ0) is 20.1. The zero-order valence-corrected chi connectivity index (χ0v) is 20.9. The summed E-state index contributed by atoms with van der Waals surface area (Å²) in [5, 5.41) is 16.1. The predicted octanol–water partition coefficient (Wildman–Crippen LogP) is 5.97. The van der Waals surface area contributed by atoms with E-state index in [0.717, 1.165) is 68.4 Å². The molecule has 0 amide bonds. The SMILES string of the molecule is Cl.Cl.OC1(c2cccc(Cl)c2)CCCCC1CC(CC1CC=CCC1)N1CCNCC1. The summed E-state index contributed by atoms with van der Waals surface area (Å²) in [6.07, 6.45) is 15.2. The van der Waals surface area contributed by atoms with E-state index in [9.17, 15) is 5.11 Å². The van der Waals surface area contributed by atoms with Crippen LogP contribution in [0, 0.1) is 11.8 Å². The molecule has 2 aliphatic carbocycles. The molecule has 4 unspecified atom stereocenters. The van der Waals surface area contributed by atoms with E-state index in [-0.39, 0.29) is 24.8 Å². The number of aliphatic hydroxyl groups is 1. The molecule has 1 aromatic carbocycles. The average Bonchev–Trinajstić information content (AvgIpc) is 2.76. The summed E-state index contributed by atoms with van der Waals surface area (Å²) in [6, 6.07) is 8.54. The zero-order valence-electron chi connectivity index (χ0n) is 18.5. The molecule has 4 rings (SSSR count). The Kier molecular flexibility index (Phi) is 11.1. The highest BCUT2D eigenvalue weighted by Gasteiger charge is 2.42. The molecule has 0 aromatic heterocycles. The van der Waals surface area contributed by atoms with Gasteiger partial charge in [0.05, 0.1) is 5.60 Å². The van der Waals surface area contributed by atoms with Crippen LogP contribution < -0.4 is 5.32 Å². The van der Waals surface area contributed by atoms with Crippen molar-refractivity contribution in [2.24, 2.45) is 11.8 Å². The van der Waals surface area contributed by atoms with Gasteiger partial charge in [0, 0.05) is 37.2 Å². The lowest BCUT2D eigenvalue weighted by Crippen LogP contribution is -2.51. The third-order valence-corrected chi connectivity index (χ3v) is 7.80. The predicted molar refractivity (Wildman–Crippen MR) is 136 cm³/mol. The third kappa shape index (κ3) is 6.85. The molecule has 1 aliphatic heterocycles. The number of allylic oxidation sites excluding steroid dienone is 2. The number of nitrogens with one attached hydrogen (secondary N) is 1. The van der Waals surface area contributed by atoms with Gasteiger partial charge in [0.2, 0.25) is 0 Å². The molecule has 3 aliphatic rings. The Bertz CT molecular complexity index is 695. The molecule has 4 atom stereocenters. The molecule has 31 heavy (non-hydrogen) atoms. The topological polar surface area (TPSA) is 35.5 Å². The molecule has 0 spiro atoms. The van der Waals surface area contributed by atoms with E-state index in [0.29, 0.717) is 12.0 Å². The molecule has 1 saturated carbocycles. The monoisotopic (exact) mass is 488 g/mol. The summed E-state index contributed by atoms with van der Waals surface area (Å²) in [5.41, 5.74) is 0.288. The van der Waals surface area contributed by atoms with Crippen molar-refractivity contribution in [3.63, 3.8) is 0 Å². The fourth-order valence-corrected chi connectivity index (χ4v) is 6.09. The molecule has 1 saturated heterocycles. The van der Waals surface area contributed by atoms with Gasteiger partial charge in [-0.25, -0.2) is 0 Å². The quantitative estimate of drug-likeness (QED) is 0.483. The van der Waals surface area contributed by atoms with Gasteiger partial charge in [-0.3, -0.25) is 4.90 Å². The van der Waals surface area contributed by atoms with Crippen LogP contribution in [0.2, 0.25) is 5.02 Å². The van der Waals surface area contributed by atoms with Gasteiger partial charge in [0.15, 0.2) is 0 Å². The highest BCUT2D eigenvalue weighted by atomic mass is 35.5. The van der Waals surface area contributed by atoms with Crippen LogP contribution in [0.25, 0.3) is 0 Å². The lowest BCUT2D eigenvalue weighted by Gasteiger charge is -2.45. The molecular formula is C25H39Cl3N2O. The van der Waals surface area contributed by atoms with E-state index >= 15 is 0 Å². The Balaban J connectivity index is 0.00000171. The molecule has 1 heterocycles. The van der Waals surface area contributed by atoms with Crippen LogP contribution >= 0.6 is 36.4 Å². The summed E-state index contributed by atoms with van der Waals surface area (Å²) >= 11 is 6.30. The van der Waals surface area contributed by atoms with Crippen LogP contribution in [0.3, 0.4) is 0 Å². The lowest BCUT2D eigenvalue weighted by molar-refractivity contribution is -0.0681. The van der Waals surface area contributed by atoms with E-state index in [1.807, 2.05) is 18.2 Å². The number of rotatable bonds is 6. The second kappa shape index (κ2) is 12.8. The van der Waals surface area contributed by atoms with Crippen molar-refractivity contribution in [1.82, 2.24) is 10.2 Å². The third-order valence-electron chi connectivity index (χ3n) is 7.57. The highest BCUT2D eigenvalue weighted by molar-refractivity contribution is 6.30. The fourth-order valence-electron chi connectivity index (χ4n) is 5.90. The molecule has 0 bridgehead atoms. The van der Waals surface area contributed by atoms with Crippen molar-refractivity contribution in [3.8, 4) is 0 Å². The maximum atomic E-state index is 11.9. The minimum absolute atomic E-state index is 0. The highest BCUT2D eigenvalue weighted by Crippen LogP contribution is 2.45. The second-order valence-corrected chi connectivity index (χ2v) is 9.88. The summed E-state index contributed by atoms with van der Waals surface area (Å²) in [5.74, 6) is 1.11. The fraction of sp³-hybridized carbons (Fsp3) is 0.680. The minimum atomic E-state index is -0.734. The van der Waals surface area contributed by atoms with Crippen LogP contribution in [0.4, 0.5) is 0 Å². The normalized spacial score (nSPS) is 30.1. The second-order valence-electron chi connectivity index (χ2n) is 9.44. The van der Waals surface area contributed by atoms with Gasteiger partial charge in [-0.15, -0.1) is 24.8 Å². The number of halogens is 3. The number of benzene rings is 1. The van der Waals surface area contributed by atoms with Gasteiger partial charge < -0.3 is 10.4 Å². The molecule has 2 fully saturated rings. The van der Waals surface area contributed by atoms with E-state index < -0.39 is 5.60 Å². The van der Waals surface area contributed by atoms with Gasteiger partial charge in [-0.2, -0.15) is 0 Å². The molecule has 1 aromatic rings. The van der Waals surface area contributed by atoms with Crippen molar-refractivity contribution in [1.29, 1.82) is 0 Å². The van der Waals surface area contributed by atoms with Crippen LogP contribution in [0.1, 0.15) is 63.4 Å². The van der Waals surface area contributed by atoms with Gasteiger partial charge in [-0.05, 0) is 74.5 Å². The van der Waals surface area contributed by atoms with Gasteiger partial charge in [-0.1, -0.05) is 48.7 Å². The molecule has 3 nitrogen and oxygen atoms in total. The maximum absolute atomic E-state index is 11.9. The van der Waals surface area contributed by atoms with E-state index in [2.05, 4.69) is 28.4 Å². The number of piperazine rings is 1. The summed E-state index contributed by atoms with van der Waals surface area (Å²) in [6.45, 7) is 4.44. The van der Waals surface area contributed by atoms with E-state index in [1.165, 1.54) is 32.1 Å². The Morgan fingerprint density at radius 3 is 2.61 bits per heavy atom. The van der Waals surface area contributed by atoms with Crippen molar-refractivity contribution >= 4 is 36.4 Å². The van der Waals surface area contributed by atoms with Gasteiger partial charge in [0.1, 0.15) is 0 Å². The maximum Gasteiger partial charge on any atom is 0.0925 e. The largest absolute Gasteiger partial charge is 0.385 e. The molecule has 6 heteroatoms. The minimum Gasteiger partial charge on any atom is -0.385 e. The van der Waals surface area contributed by atoms with Crippen LogP contribution in [0.15, 0.2) is 36.4 Å². The van der Waals surface area contributed by atoms with Crippen molar-refractivity contribution < 1.29 is 5.11 Å². The van der Waals surface area contributed by atoms with Crippen LogP contribution in [0.5, 0.6) is 0 Å². The lowest BCUT2D eigenvalue weighted by atomic mass is 9.68. The number of hydrogen-bond acceptors (Lipinski definition) is 3. The Hall–Kier alpha value is -0.290. The molecule has 2 N–H and O–H groups in total. The first-order valence-corrected chi connectivity index (χ1v) is 12.1. The average molecular weight is 490 g/mol. The summed E-state index contributed by atoms with van der Waals surface area (Å²) in [4.78, 5) is 2.71. The van der Waals surface area contributed by atoms with Crippen LogP contribution in [-0.4, -0.2) is 42.2 Å². The number of hydrogen-bond donors (Lipinski definition) is 2. The molecule has 0 radical (unpaired) electrons. The Labute approximate surface area is 205 Å². The molecule has 176 valence electrons. The first-order chi connectivity index (χ1) is 14.1. The summed E-state index contributed by atoms with van der Waals surface area (Å²) in [7, 11) is 0. The van der Waals surface area contributed by atoms with Gasteiger partial charge in [0.25, 0.3) is 0 Å². The van der Waals surface area contributed by atoms with Crippen molar-refractivity contribution in [3.05, 3.63) is 47.0 Å². The van der Waals surface area contributed by atoms with Crippen molar-refractivity contribution in [2.45, 2.75) is 69.4 Å².